The van der Waals surface area contributed by atoms with Crippen LogP contribution in [0.3, 0.4) is 0 Å². The second-order valence-electron chi connectivity index (χ2n) is 4.25. The van der Waals surface area contributed by atoms with Crippen LogP contribution >= 0.6 is 0 Å². The fraction of sp³-hybridized carbons (Fsp3) is 0.357. The van der Waals surface area contributed by atoms with E-state index in [-0.39, 0.29) is 18.9 Å². The number of carboxylic acid groups (broad SMARTS) is 1. The van der Waals surface area contributed by atoms with Gasteiger partial charge in [0.15, 0.2) is 0 Å². The molecule has 0 spiro atoms. The van der Waals surface area contributed by atoms with Gasteiger partial charge in [0.1, 0.15) is 6.54 Å². The molecule has 1 aromatic carbocycles. The fourth-order valence-corrected chi connectivity index (χ4v) is 1.69. The Balaban J connectivity index is 2.60. The number of carbonyl (C=O) groups is 3. The van der Waals surface area contributed by atoms with E-state index in [1.54, 1.807) is 37.3 Å². The molecule has 0 aliphatic heterocycles. The number of aliphatic carboxylic acids is 1. The molecule has 0 aliphatic carbocycles. The molecule has 7 nitrogen and oxygen atoms in total. The summed E-state index contributed by atoms with van der Waals surface area (Å²) in [5, 5.41) is 14.0. The molecular formula is C14H19N3O4. The third-order valence-electron chi connectivity index (χ3n) is 2.61. The molecule has 0 unspecified atom stereocenters. The van der Waals surface area contributed by atoms with Crippen LogP contribution in [-0.4, -0.2) is 42.6 Å². The van der Waals surface area contributed by atoms with Crippen LogP contribution in [0.2, 0.25) is 0 Å². The lowest BCUT2D eigenvalue weighted by molar-refractivity contribution is -0.135. The van der Waals surface area contributed by atoms with Crippen LogP contribution in [0.25, 0.3) is 0 Å². The lowest BCUT2D eigenvalue weighted by atomic mass is 10.3. The van der Waals surface area contributed by atoms with Crippen molar-refractivity contribution in [1.29, 1.82) is 0 Å². The summed E-state index contributed by atoms with van der Waals surface area (Å²) in [7, 11) is 0. The number of para-hydroxylation sites is 1. The molecule has 0 saturated carbocycles. The highest BCUT2D eigenvalue weighted by Crippen LogP contribution is 2.12. The average molecular weight is 293 g/mol. The topological polar surface area (TPSA) is 98.7 Å². The van der Waals surface area contributed by atoms with Crippen LogP contribution in [0, 0.1) is 0 Å². The molecule has 114 valence electrons. The number of anilines is 1. The molecule has 0 bridgehead atoms. The maximum Gasteiger partial charge on any atom is 0.323 e. The van der Waals surface area contributed by atoms with Gasteiger partial charge >= 0.3 is 12.0 Å². The van der Waals surface area contributed by atoms with E-state index in [2.05, 4.69) is 10.6 Å². The molecule has 7 heteroatoms. The highest BCUT2D eigenvalue weighted by atomic mass is 16.4. The summed E-state index contributed by atoms with van der Waals surface area (Å²) in [6.45, 7) is 2.03. The minimum atomic E-state index is -1.11. The molecule has 3 N–H and O–H groups in total. The number of urea groups is 1. The van der Waals surface area contributed by atoms with Crippen LogP contribution in [0.15, 0.2) is 30.3 Å². The van der Waals surface area contributed by atoms with Crippen LogP contribution in [0.1, 0.15) is 13.3 Å². The highest BCUT2D eigenvalue weighted by Gasteiger charge is 2.18. The zero-order valence-electron chi connectivity index (χ0n) is 11.8. The van der Waals surface area contributed by atoms with Crippen LogP contribution < -0.4 is 15.5 Å². The maximum atomic E-state index is 12.0. The number of carbonyl (C=O) groups excluding carboxylic acids is 2. The standard InChI is InChI=1S/C14H19N3O4/c1-2-15-12(18)8-9-16-14(21)17(10-13(19)20)11-6-4-3-5-7-11/h3-7H,2,8-10H2,1H3,(H,15,18)(H,16,21)(H,19,20). The Labute approximate surface area is 122 Å². The largest absolute Gasteiger partial charge is 0.480 e. The van der Waals surface area contributed by atoms with Crippen molar-refractivity contribution in [3.63, 3.8) is 0 Å². The summed E-state index contributed by atoms with van der Waals surface area (Å²) in [6.07, 6.45) is 0.148. The highest BCUT2D eigenvalue weighted by molar-refractivity contribution is 5.96. The number of nitrogens with zero attached hydrogens (tertiary/aromatic N) is 1. The molecular weight excluding hydrogens is 274 g/mol. The lowest BCUT2D eigenvalue weighted by Gasteiger charge is -2.21. The summed E-state index contributed by atoms with van der Waals surface area (Å²) in [6, 6.07) is 7.94. The van der Waals surface area contributed by atoms with Gasteiger partial charge in [-0.1, -0.05) is 18.2 Å². The normalized spacial score (nSPS) is 9.76. The molecule has 21 heavy (non-hydrogen) atoms. The summed E-state index contributed by atoms with van der Waals surface area (Å²) in [5.74, 6) is -1.28. The first-order chi connectivity index (χ1) is 10.0. The second kappa shape index (κ2) is 8.57. The zero-order chi connectivity index (χ0) is 15.7. The number of hydrogen-bond donors (Lipinski definition) is 3. The van der Waals surface area contributed by atoms with Crippen molar-refractivity contribution in [1.82, 2.24) is 10.6 Å². The van der Waals surface area contributed by atoms with E-state index < -0.39 is 18.5 Å². The van der Waals surface area contributed by atoms with Crippen molar-refractivity contribution >= 4 is 23.6 Å². The van der Waals surface area contributed by atoms with Gasteiger partial charge in [0.25, 0.3) is 0 Å². The first-order valence-electron chi connectivity index (χ1n) is 6.63. The third kappa shape index (κ3) is 5.94. The molecule has 0 aliphatic rings. The molecule has 1 rings (SSSR count). The van der Waals surface area contributed by atoms with Crippen LogP contribution in [-0.2, 0) is 9.59 Å². The van der Waals surface area contributed by atoms with Crippen molar-refractivity contribution in [3.8, 4) is 0 Å². The Morgan fingerprint density at radius 3 is 2.38 bits per heavy atom. The molecule has 0 atom stereocenters. The van der Waals surface area contributed by atoms with Crippen LogP contribution in [0.5, 0.6) is 0 Å². The third-order valence-corrected chi connectivity index (χ3v) is 2.61. The molecule has 1 aromatic rings. The number of hydrogen-bond acceptors (Lipinski definition) is 3. The Morgan fingerprint density at radius 2 is 1.81 bits per heavy atom. The Hall–Kier alpha value is -2.57. The first kappa shape index (κ1) is 16.5. The summed E-state index contributed by atoms with van der Waals surface area (Å²) in [4.78, 5) is 35.3. The van der Waals surface area contributed by atoms with E-state index in [0.29, 0.717) is 12.2 Å². The van der Waals surface area contributed by atoms with Gasteiger partial charge in [-0.3, -0.25) is 14.5 Å². The SMILES string of the molecule is CCNC(=O)CCNC(=O)N(CC(=O)O)c1ccccc1. The lowest BCUT2D eigenvalue weighted by Crippen LogP contribution is -2.44. The van der Waals surface area contributed by atoms with E-state index in [1.165, 1.54) is 0 Å². The molecule has 0 aromatic heterocycles. The van der Waals surface area contributed by atoms with Crippen molar-refractivity contribution in [2.75, 3.05) is 24.5 Å². The minimum Gasteiger partial charge on any atom is -0.480 e. The molecule has 0 radical (unpaired) electrons. The first-order valence-corrected chi connectivity index (χ1v) is 6.63. The number of nitrogens with one attached hydrogen (secondary N) is 2. The number of rotatable bonds is 7. The minimum absolute atomic E-state index is 0.146. The van der Waals surface area contributed by atoms with Crippen molar-refractivity contribution < 1.29 is 19.5 Å². The number of carboxylic acids is 1. The van der Waals surface area contributed by atoms with E-state index in [1.807, 2.05) is 0 Å². The van der Waals surface area contributed by atoms with Gasteiger partial charge in [0, 0.05) is 25.2 Å². The fourth-order valence-electron chi connectivity index (χ4n) is 1.69. The predicted molar refractivity (Wildman–Crippen MR) is 78.1 cm³/mol. The van der Waals surface area contributed by atoms with Gasteiger partial charge in [-0.25, -0.2) is 4.79 Å². The number of amides is 3. The van der Waals surface area contributed by atoms with Crippen LogP contribution in [0.4, 0.5) is 10.5 Å². The predicted octanol–water partition coefficient (Wildman–Crippen LogP) is 0.813. The van der Waals surface area contributed by atoms with E-state index in [9.17, 15) is 14.4 Å². The van der Waals surface area contributed by atoms with Gasteiger partial charge in [-0.15, -0.1) is 0 Å². The van der Waals surface area contributed by atoms with Gasteiger partial charge in [0.05, 0.1) is 0 Å². The van der Waals surface area contributed by atoms with E-state index in [0.717, 1.165) is 4.90 Å². The molecule has 0 heterocycles. The van der Waals surface area contributed by atoms with Gasteiger partial charge in [0.2, 0.25) is 5.91 Å². The van der Waals surface area contributed by atoms with E-state index >= 15 is 0 Å². The summed E-state index contributed by atoms with van der Waals surface area (Å²) in [5.41, 5.74) is 0.482. The molecule has 3 amide bonds. The molecule has 0 saturated heterocycles. The summed E-state index contributed by atoms with van der Waals surface area (Å²) < 4.78 is 0. The Kier molecular flexibility index (Phi) is 6.73. The van der Waals surface area contributed by atoms with Crippen molar-refractivity contribution in [2.24, 2.45) is 0 Å². The Morgan fingerprint density at radius 1 is 1.14 bits per heavy atom. The summed E-state index contributed by atoms with van der Waals surface area (Å²) >= 11 is 0. The second-order valence-corrected chi connectivity index (χ2v) is 4.25. The average Bonchev–Trinajstić information content (AvgIpc) is 2.45. The maximum absolute atomic E-state index is 12.0. The number of benzene rings is 1. The quantitative estimate of drug-likeness (QED) is 0.693. The van der Waals surface area contributed by atoms with Crippen molar-refractivity contribution in [2.45, 2.75) is 13.3 Å². The van der Waals surface area contributed by atoms with Crippen molar-refractivity contribution in [3.05, 3.63) is 30.3 Å². The van der Waals surface area contributed by atoms with E-state index in [4.69, 9.17) is 5.11 Å². The van der Waals surface area contributed by atoms with Gasteiger partial charge in [-0.2, -0.15) is 0 Å². The molecule has 0 fully saturated rings. The van der Waals surface area contributed by atoms with Gasteiger partial charge < -0.3 is 15.7 Å². The Bertz CT molecular complexity index is 490. The monoisotopic (exact) mass is 293 g/mol. The zero-order valence-corrected chi connectivity index (χ0v) is 11.8. The van der Waals surface area contributed by atoms with Gasteiger partial charge in [-0.05, 0) is 19.1 Å². The smallest absolute Gasteiger partial charge is 0.323 e.